The molecule has 2 unspecified atom stereocenters. The van der Waals surface area contributed by atoms with E-state index in [2.05, 4.69) is 13.2 Å². The molecule has 0 radical (unpaired) electrons. The Bertz CT molecular complexity index is 1680. The maximum Gasteiger partial charge on any atom is 0.251 e. The Hall–Kier alpha value is -4.54. The molecule has 6 rings (SSSR count). The van der Waals surface area contributed by atoms with Gasteiger partial charge in [0.1, 0.15) is 17.5 Å². The highest BCUT2D eigenvalue weighted by molar-refractivity contribution is 8.02. The lowest BCUT2D eigenvalue weighted by molar-refractivity contribution is -0.142. The third-order valence-electron chi connectivity index (χ3n) is 9.95. The van der Waals surface area contributed by atoms with E-state index in [0.29, 0.717) is 42.3 Å². The Kier molecular flexibility index (Phi) is 10.2. The van der Waals surface area contributed by atoms with Gasteiger partial charge in [-0.3, -0.25) is 14.4 Å². The van der Waals surface area contributed by atoms with E-state index in [9.17, 15) is 14.7 Å². The fraction of sp³-hybridized carbons (Fsp3) is 0.359. The van der Waals surface area contributed by atoms with E-state index in [-0.39, 0.29) is 42.7 Å². The maximum absolute atomic E-state index is 15.1. The van der Waals surface area contributed by atoms with E-state index in [1.165, 1.54) is 0 Å². The summed E-state index contributed by atoms with van der Waals surface area (Å²) < 4.78 is 10.1. The lowest BCUT2D eigenvalue weighted by Crippen LogP contribution is -2.56. The number of carbonyl (C=O) groups is 3. The Morgan fingerprint density at radius 3 is 2.10 bits per heavy atom. The van der Waals surface area contributed by atoms with Gasteiger partial charge in [-0.05, 0) is 73.9 Å². The first-order valence-corrected chi connectivity index (χ1v) is 17.6. The molecule has 3 saturated heterocycles. The lowest BCUT2D eigenvalue weighted by atomic mass is 9.70. The Balaban J connectivity index is 1.44. The number of thioether (sulfide) groups is 1. The predicted octanol–water partition coefficient (Wildman–Crippen LogP) is 5.66. The van der Waals surface area contributed by atoms with Crippen molar-refractivity contribution >= 4 is 40.9 Å². The van der Waals surface area contributed by atoms with Crippen molar-refractivity contribution in [3.05, 3.63) is 110 Å². The molecule has 3 amide bonds. The van der Waals surface area contributed by atoms with Gasteiger partial charge in [0, 0.05) is 29.7 Å². The SMILES string of the molecule is C=CCN(C(=O)C1N([C@H](CO)c2ccccc2)C(=O)[C@@H]2[C@@H](C(=O)N(CC=C)c3ccc(OCC)cc3)[C@H]3CCC12S3)c1ccc(OC)cc1. The summed E-state index contributed by atoms with van der Waals surface area (Å²) in [6, 6.07) is 22.1. The van der Waals surface area contributed by atoms with Crippen LogP contribution in [0.4, 0.5) is 11.4 Å². The standard InChI is InChI=1S/C39H43N3O6S/c1-5-23-40(27-15-19-30(20-16-27)48-7-3)36(44)33-32-21-22-39(49-32)34(33)37(45)42(31(25-43)26-11-9-8-10-12-26)35(39)38(46)41(24-6-2)28-13-17-29(47-4)18-14-28/h5-6,8-20,31-35,43H,1-2,7,21-25H2,3-4H3/t31-,32-,33+,34+,35?,39?/m1/s1. The van der Waals surface area contributed by atoms with Crippen LogP contribution in [0, 0.1) is 11.8 Å². The minimum atomic E-state index is -0.935. The molecule has 0 aliphatic carbocycles. The van der Waals surface area contributed by atoms with Gasteiger partial charge in [-0.25, -0.2) is 0 Å². The van der Waals surface area contributed by atoms with E-state index in [1.807, 2.05) is 73.7 Å². The number of hydrogen-bond acceptors (Lipinski definition) is 7. The number of carbonyl (C=O) groups excluding carboxylic acids is 3. The van der Waals surface area contributed by atoms with E-state index < -0.39 is 28.7 Å². The van der Waals surface area contributed by atoms with Gasteiger partial charge in [0.2, 0.25) is 11.8 Å². The van der Waals surface area contributed by atoms with Crippen molar-refractivity contribution in [3.63, 3.8) is 0 Å². The molecule has 3 fully saturated rings. The molecule has 3 aliphatic rings. The Labute approximate surface area is 292 Å². The van der Waals surface area contributed by atoms with Gasteiger partial charge in [0.15, 0.2) is 0 Å². The highest BCUT2D eigenvalue weighted by Crippen LogP contribution is 2.67. The zero-order chi connectivity index (χ0) is 34.7. The van der Waals surface area contributed by atoms with Gasteiger partial charge in [-0.1, -0.05) is 42.5 Å². The van der Waals surface area contributed by atoms with Crippen LogP contribution in [0.2, 0.25) is 0 Å². The molecule has 256 valence electrons. The summed E-state index contributed by atoms with van der Waals surface area (Å²) in [5.74, 6) is -0.800. The number of fused-ring (bicyclic) bond motifs is 1. The number of ether oxygens (including phenoxy) is 2. The monoisotopic (exact) mass is 681 g/mol. The second-order valence-electron chi connectivity index (χ2n) is 12.5. The summed E-state index contributed by atoms with van der Waals surface area (Å²) in [7, 11) is 1.58. The summed E-state index contributed by atoms with van der Waals surface area (Å²) in [5.41, 5.74) is 2.03. The quantitative estimate of drug-likeness (QED) is 0.220. The normalized spacial score (nSPS) is 24.2. The number of nitrogens with zero attached hydrogens (tertiary/aromatic N) is 3. The van der Waals surface area contributed by atoms with Crippen molar-refractivity contribution < 1.29 is 29.0 Å². The van der Waals surface area contributed by atoms with Crippen LogP contribution in [0.25, 0.3) is 0 Å². The minimum absolute atomic E-state index is 0.146. The smallest absolute Gasteiger partial charge is 0.251 e. The second-order valence-corrected chi connectivity index (χ2v) is 14.1. The first kappa shape index (κ1) is 34.3. The zero-order valence-electron chi connectivity index (χ0n) is 27.9. The lowest BCUT2D eigenvalue weighted by Gasteiger charge is -2.39. The molecule has 2 bridgehead atoms. The van der Waals surface area contributed by atoms with Crippen molar-refractivity contribution in [3.8, 4) is 11.5 Å². The van der Waals surface area contributed by atoms with Gasteiger partial charge in [0.05, 0.1) is 42.9 Å². The second kappa shape index (κ2) is 14.5. The van der Waals surface area contributed by atoms with Crippen LogP contribution < -0.4 is 19.3 Å². The highest BCUT2D eigenvalue weighted by Gasteiger charge is 2.74. The molecule has 1 N–H and O–H groups in total. The predicted molar refractivity (Wildman–Crippen MR) is 193 cm³/mol. The molecule has 1 spiro atoms. The first-order chi connectivity index (χ1) is 23.8. The molecule has 9 nitrogen and oxygen atoms in total. The third kappa shape index (κ3) is 6.01. The molecule has 0 saturated carbocycles. The molecule has 3 aliphatic heterocycles. The molecular weight excluding hydrogens is 639 g/mol. The van der Waals surface area contributed by atoms with Crippen LogP contribution in [-0.2, 0) is 14.4 Å². The van der Waals surface area contributed by atoms with Gasteiger partial charge in [-0.15, -0.1) is 24.9 Å². The van der Waals surface area contributed by atoms with E-state index in [4.69, 9.17) is 9.47 Å². The number of hydrogen-bond donors (Lipinski definition) is 1. The van der Waals surface area contributed by atoms with Crippen LogP contribution in [0.1, 0.15) is 31.4 Å². The summed E-state index contributed by atoms with van der Waals surface area (Å²) >= 11 is 1.60. The highest BCUT2D eigenvalue weighted by atomic mass is 32.2. The average molecular weight is 682 g/mol. The largest absolute Gasteiger partial charge is 0.497 e. The molecule has 3 heterocycles. The number of methoxy groups -OCH3 is 1. The topological polar surface area (TPSA) is 99.6 Å². The van der Waals surface area contributed by atoms with Crippen LogP contribution in [0.15, 0.2) is 104 Å². The van der Waals surface area contributed by atoms with E-state index in [1.54, 1.807) is 57.9 Å². The van der Waals surface area contributed by atoms with E-state index >= 15 is 4.79 Å². The van der Waals surface area contributed by atoms with Crippen molar-refractivity contribution in [1.29, 1.82) is 0 Å². The fourth-order valence-corrected chi connectivity index (χ4v) is 10.1. The number of likely N-dealkylation sites (tertiary alicyclic amines) is 1. The van der Waals surface area contributed by atoms with E-state index in [0.717, 1.165) is 5.56 Å². The molecule has 49 heavy (non-hydrogen) atoms. The number of aliphatic hydroxyl groups excluding tert-OH is 1. The van der Waals surface area contributed by atoms with Gasteiger partial charge < -0.3 is 29.3 Å². The summed E-state index contributed by atoms with van der Waals surface area (Å²) in [4.78, 5) is 49.7. The van der Waals surface area contributed by atoms with Gasteiger partial charge in [-0.2, -0.15) is 0 Å². The number of aliphatic hydroxyl groups is 1. The molecule has 3 aromatic rings. The van der Waals surface area contributed by atoms with Gasteiger partial charge in [0.25, 0.3) is 5.91 Å². The summed E-state index contributed by atoms with van der Waals surface area (Å²) in [6.45, 7) is 10.4. The molecule has 6 atom stereocenters. The third-order valence-corrected chi connectivity index (χ3v) is 11.9. The van der Waals surface area contributed by atoms with Crippen molar-refractivity contribution in [1.82, 2.24) is 4.90 Å². The summed E-state index contributed by atoms with van der Waals surface area (Å²) in [6.07, 6.45) is 4.62. The van der Waals surface area contributed by atoms with Crippen LogP contribution >= 0.6 is 11.8 Å². The van der Waals surface area contributed by atoms with Gasteiger partial charge >= 0.3 is 0 Å². The van der Waals surface area contributed by atoms with Crippen molar-refractivity contribution in [2.45, 2.75) is 41.8 Å². The average Bonchev–Trinajstić information content (AvgIpc) is 3.78. The van der Waals surface area contributed by atoms with Crippen LogP contribution in [0.5, 0.6) is 11.5 Å². The van der Waals surface area contributed by atoms with Crippen LogP contribution in [-0.4, -0.2) is 77.2 Å². The first-order valence-electron chi connectivity index (χ1n) is 16.7. The number of amides is 3. The Morgan fingerprint density at radius 2 is 1.55 bits per heavy atom. The van der Waals surface area contributed by atoms with Crippen molar-refractivity contribution in [2.24, 2.45) is 11.8 Å². The number of anilines is 2. The van der Waals surface area contributed by atoms with Crippen LogP contribution in [0.3, 0.4) is 0 Å². The maximum atomic E-state index is 15.1. The summed E-state index contributed by atoms with van der Waals surface area (Å²) in [5, 5.41) is 10.7. The molecule has 10 heteroatoms. The molecule has 0 aromatic heterocycles. The molecular formula is C39H43N3O6S. The van der Waals surface area contributed by atoms with Crippen molar-refractivity contribution in [2.75, 3.05) is 43.2 Å². The zero-order valence-corrected chi connectivity index (χ0v) is 28.8. The number of rotatable bonds is 14. The number of benzene rings is 3. The molecule has 3 aromatic carbocycles. The Morgan fingerprint density at radius 1 is 0.959 bits per heavy atom. The fourth-order valence-electron chi connectivity index (χ4n) is 7.90. The minimum Gasteiger partial charge on any atom is -0.497 e.